The number of amides is 2. The number of anilines is 1. The Bertz CT molecular complexity index is 1190. The monoisotopic (exact) mass is 478 g/mol. The number of H-pyrrole nitrogens is 1. The molecule has 2 heterocycles. The van der Waals surface area contributed by atoms with Crippen LogP contribution in [0.1, 0.15) is 61.4 Å². The van der Waals surface area contributed by atoms with Crippen molar-refractivity contribution in [2.45, 2.75) is 66.0 Å². The lowest BCUT2D eigenvalue weighted by Crippen LogP contribution is -2.49. The topological polar surface area (TPSA) is 125 Å². The zero-order valence-electron chi connectivity index (χ0n) is 20.8. The van der Waals surface area contributed by atoms with Crippen LogP contribution in [-0.2, 0) is 11.3 Å². The second kappa shape index (κ2) is 10.3. The van der Waals surface area contributed by atoms with Crippen molar-refractivity contribution in [1.29, 1.82) is 0 Å². The van der Waals surface area contributed by atoms with Gasteiger partial charge in [-0.25, -0.2) is 0 Å². The van der Waals surface area contributed by atoms with Gasteiger partial charge >= 0.3 is 0 Å². The molecule has 1 atom stereocenters. The largest absolute Gasteiger partial charge is 0.507 e. The molecule has 0 radical (unpaired) electrons. The van der Waals surface area contributed by atoms with E-state index in [4.69, 9.17) is 0 Å². The molecule has 1 saturated carbocycles. The van der Waals surface area contributed by atoms with Gasteiger partial charge in [-0.1, -0.05) is 19.8 Å². The normalized spacial score (nSPS) is 18.7. The van der Waals surface area contributed by atoms with Gasteiger partial charge < -0.3 is 15.7 Å². The number of carbonyl (C=O) groups excluding carboxylic acids is 2. The van der Waals surface area contributed by atoms with E-state index >= 15 is 0 Å². The number of aromatic amines is 1. The molecule has 186 valence electrons. The quantitative estimate of drug-likeness (QED) is 0.405. The van der Waals surface area contributed by atoms with E-state index in [0.29, 0.717) is 29.4 Å². The molecule has 0 aliphatic heterocycles. The SMILES string of the molecule is CCn1nccc1C(=O)N[C@H](C(=O)Nc1ccc(-c2c(C)n[nH]c2C)c(O)c1)[C@H]1CC[C@H](C)CC1. The van der Waals surface area contributed by atoms with Gasteiger partial charge in [0, 0.05) is 41.3 Å². The predicted octanol–water partition coefficient (Wildman–Crippen LogP) is 4.18. The fraction of sp³-hybridized carbons (Fsp3) is 0.462. The van der Waals surface area contributed by atoms with Crippen molar-refractivity contribution in [3.05, 3.63) is 47.5 Å². The summed E-state index contributed by atoms with van der Waals surface area (Å²) in [6.07, 6.45) is 5.38. The smallest absolute Gasteiger partial charge is 0.270 e. The highest BCUT2D eigenvalue weighted by Crippen LogP contribution is 2.35. The van der Waals surface area contributed by atoms with Crippen LogP contribution in [0.5, 0.6) is 5.75 Å². The molecule has 9 nitrogen and oxygen atoms in total. The number of phenolic OH excluding ortho intramolecular Hbond substituents is 1. The van der Waals surface area contributed by atoms with Gasteiger partial charge in [0.2, 0.25) is 5.91 Å². The molecule has 0 unspecified atom stereocenters. The van der Waals surface area contributed by atoms with Crippen molar-refractivity contribution in [2.75, 3.05) is 5.32 Å². The molecule has 35 heavy (non-hydrogen) atoms. The molecule has 2 aromatic heterocycles. The predicted molar refractivity (Wildman–Crippen MR) is 134 cm³/mol. The molecule has 1 aliphatic carbocycles. The maximum Gasteiger partial charge on any atom is 0.270 e. The third kappa shape index (κ3) is 5.23. The highest BCUT2D eigenvalue weighted by molar-refractivity contribution is 6.01. The van der Waals surface area contributed by atoms with Crippen LogP contribution in [0, 0.1) is 25.7 Å². The molecule has 1 aliphatic rings. The van der Waals surface area contributed by atoms with E-state index < -0.39 is 6.04 Å². The maximum absolute atomic E-state index is 13.4. The molecule has 1 fully saturated rings. The zero-order valence-corrected chi connectivity index (χ0v) is 20.8. The molecule has 9 heteroatoms. The molecular weight excluding hydrogens is 444 g/mol. The van der Waals surface area contributed by atoms with Crippen LogP contribution in [0.25, 0.3) is 11.1 Å². The van der Waals surface area contributed by atoms with Gasteiger partial charge in [0.1, 0.15) is 17.5 Å². The Labute approximate surface area is 205 Å². The molecule has 1 aromatic carbocycles. The van der Waals surface area contributed by atoms with Crippen LogP contribution >= 0.6 is 0 Å². The van der Waals surface area contributed by atoms with Crippen molar-refractivity contribution < 1.29 is 14.7 Å². The molecular formula is C26H34N6O3. The van der Waals surface area contributed by atoms with Crippen molar-refractivity contribution in [3.63, 3.8) is 0 Å². The van der Waals surface area contributed by atoms with Crippen LogP contribution in [0.15, 0.2) is 30.5 Å². The summed E-state index contributed by atoms with van der Waals surface area (Å²) in [5.74, 6) is 0.105. The Hall–Kier alpha value is -3.62. The van der Waals surface area contributed by atoms with Crippen molar-refractivity contribution >= 4 is 17.5 Å². The summed E-state index contributed by atoms with van der Waals surface area (Å²) in [5, 5.41) is 27.9. The summed E-state index contributed by atoms with van der Waals surface area (Å²) in [6.45, 7) is 8.47. The van der Waals surface area contributed by atoms with E-state index in [1.165, 1.54) is 6.07 Å². The number of aromatic hydroxyl groups is 1. The first-order valence-electron chi connectivity index (χ1n) is 12.3. The van der Waals surface area contributed by atoms with Gasteiger partial charge in [0.05, 0.1) is 5.69 Å². The van der Waals surface area contributed by atoms with Crippen molar-refractivity contribution in [2.24, 2.45) is 11.8 Å². The Balaban J connectivity index is 1.55. The number of aromatic nitrogens is 4. The van der Waals surface area contributed by atoms with E-state index in [-0.39, 0.29) is 23.5 Å². The molecule has 0 saturated heterocycles. The molecule has 4 rings (SSSR count). The number of hydrogen-bond acceptors (Lipinski definition) is 5. The van der Waals surface area contributed by atoms with Crippen LogP contribution < -0.4 is 10.6 Å². The average molecular weight is 479 g/mol. The van der Waals surface area contributed by atoms with Gasteiger partial charge in [-0.05, 0) is 63.6 Å². The number of carbonyl (C=O) groups is 2. The summed E-state index contributed by atoms with van der Waals surface area (Å²) in [7, 11) is 0. The van der Waals surface area contributed by atoms with E-state index in [2.05, 4.69) is 32.9 Å². The molecule has 0 bridgehead atoms. The zero-order chi connectivity index (χ0) is 25.1. The number of aryl methyl sites for hydroxylation is 3. The van der Waals surface area contributed by atoms with Gasteiger partial charge in [0.15, 0.2) is 0 Å². The summed E-state index contributed by atoms with van der Waals surface area (Å²) < 4.78 is 1.61. The Morgan fingerprint density at radius 3 is 2.57 bits per heavy atom. The lowest BCUT2D eigenvalue weighted by molar-refractivity contribution is -0.119. The number of nitrogens with one attached hydrogen (secondary N) is 3. The first-order valence-corrected chi connectivity index (χ1v) is 12.3. The van der Waals surface area contributed by atoms with E-state index in [9.17, 15) is 14.7 Å². The first-order chi connectivity index (χ1) is 16.8. The lowest BCUT2D eigenvalue weighted by Gasteiger charge is -2.32. The summed E-state index contributed by atoms with van der Waals surface area (Å²) in [4.78, 5) is 26.5. The third-order valence-electron chi connectivity index (χ3n) is 7.01. The number of nitrogens with zero attached hydrogens (tertiary/aromatic N) is 3. The van der Waals surface area contributed by atoms with Crippen LogP contribution in [0.3, 0.4) is 0 Å². The first kappa shape index (κ1) is 24.5. The fourth-order valence-electron chi connectivity index (χ4n) is 5.00. The van der Waals surface area contributed by atoms with Crippen molar-refractivity contribution in [1.82, 2.24) is 25.3 Å². The Kier molecular flexibility index (Phi) is 7.23. The Morgan fingerprint density at radius 1 is 1.20 bits per heavy atom. The maximum atomic E-state index is 13.4. The van der Waals surface area contributed by atoms with Gasteiger partial charge in [0.25, 0.3) is 5.91 Å². The molecule has 3 aromatic rings. The summed E-state index contributed by atoms with van der Waals surface area (Å²) in [5.41, 5.74) is 4.03. The summed E-state index contributed by atoms with van der Waals surface area (Å²) >= 11 is 0. The third-order valence-corrected chi connectivity index (χ3v) is 7.01. The minimum Gasteiger partial charge on any atom is -0.507 e. The molecule has 0 spiro atoms. The van der Waals surface area contributed by atoms with Gasteiger partial charge in [-0.3, -0.25) is 19.4 Å². The average Bonchev–Trinajstić information content (AvgIpc) is 3.44. The van der Waals surface area contributed by atoms with Gasteiger partial charge in [-0.2, -0.15) is 10.2 Å². The van der Waals surface area contributed by atoms with E-state index in [0.717, 1.165) is 42.6 Å². The number of hydrogen-bond donors (Lipinski definition) is 4. The van der Waals surface area contributed by atoms with E-state index in [1.54, 1.807) is 29.1 Å². The van der Waals surface area contributed by atoms with Crippen LogP contribution in [0.2, 0.25) is 0 Å². The number of phenols is 1. The minimum atomic E-state index is -0.685. The molecule has 4 N–H and O–H groups in total. The number of benzene rings is 1. The second-order valence-corrected chi connectivity index (χ2v) is 9.53. The van der Waals surface area contributed by atoms with E-state index in [1.807, 2.05) is 20.8 Å². The van der Waals surface area contributed by atoms with Crippen molar-refractivity contribution in [3.8, 4) is 16.9 Å². The van der Waals surface area contributed by atoms with Crippen LogP contribution in [-0.4, -0.2) is 42.9 Å². The highest BCUT2D eigenvalue weighted by atomic mass is 16.3. The minimum absolute atomic E-state index is 0.0391. The second-order valence-electron chi connectivity index (χ2n) is 9.53. The van der Waals surface area contributed by atoms with Crippen LogP contribution in [0.4, 0.5) is 5.69 Å². The molecule has 2 amide bonds. The summed E-state index contributed by atoms with van der Waals surface area (Å²) in [6, 6.07) is 6.04. The Morgan fingerprint density at radius 2 is 1.94 bits per heavy atom. The van der Waals surface area contributed by atoms with Gasteiger partial charge in [-0.15, -0.1) is 0 Å². The lowest BCUT2D eigenvalue weighted by atomic mass is 9.79. The fourth-order valence-corrected chi connectivity index (χ4v) is 5.00. The highest BCUT2D eigenvalue weighted by Gasteiger charge is 2.33. The standard InChI is InChI=1S/C26H34N6O3/c1-5-32-21(12-13-27-32)25(34)29-24(18-8-6-15(2)7-9-18)26(35)28-19-10-11-20(22(33)14-19)23-16(3)30-31-17(23)4/h10-15,18,24,33H,5-9H2,1-4H3,(H,28,35)(H,29,34)(H,30,31)/t15-,18-,24-/m0/s1. The number of rotatable bonds is 7.